The van der Waals surface area contributed by atoms with Gasteiger partial charge in [-0.3, -0.25) is 0 Å². The molecule has 3 saturated carbocycles. The molecule has 0 saturated heterocycles. The Morgan fingerprint density at radius 2 is 1.42 bits per heavy atom. The molecule has 38 heavy (non-hydrogen) atoms. The van der Waals surface area contributed by atoms with Crippen LogP contribution in [0.25, 0.3) is 0 Å². The largest absolute Gasteiger partial charge is 0.414 e. The monoisotopic (exact) mass is 560 g/mol. The minimum absolute atomic E-state index is 0.169. The van der Waals surface area contributed by atoms with Crippen molar-refractivity contribution in [2.45, 2.75) is 155 Å². The van der Waals surface area contributed by atoms with Crippen LogP contribution in [-0.2, 0) is 13.6 Å². The highest BCUT2D eigenvalue weighted by Gasteiger charge is 2.50. The van der Waals surface area contributed by atoms with Crippen molar-refractivity contribution < 1.29 is 13.6 Å². The van der Waals surface area contributed by atoms with Crippen LogP contribution in [0.4, 0.5) is 0 Å². The maximum Gasteiger partial charge on any atom is 0.192 e. The molecule has 0 spiro atoms. The summed E-state index contributed by atoms with van der Waals surface area (Å²) in [6, 6.07) is 0. The van der Waals surface area contributed by atoms with Crippen molar-refractivity contribution >= 4 is 22.9 Å². The van der Waals surface area contributed by atoms with Crippen LogP contribution in [0.2, 0.25) is 36.3 Å². The molecule has 5 heteroatoms. The number of carbonyl (C=O) groups excluding carboxylic acids is 1. The molecule has 0 aromatic carbocycles. The quantitative estimate of drug-likeness (QED) is 0.229. The van der Waals surface area contributed by atoms with Crippen LogP contribution >= 0.6 is 0 Å². The molecule has 6 atom stereocenters. The fourth-order valence-electron chi connectivity index (χ4n) is 7.09. The fraction of sp³-hybridized carbons (Fsp3) is 0.848. The number of allylic oxidation sites excluding steroid dienone is 3. The lowest BCUT2D eigenvalue weighted by Crippen LogP contribution is -2.48. The number of aldehydes is 1. The second-order valence-electron chi connectivity index (χ2n) is 16.3. The predicted octanol–water partition coefficient (Wildman–Crippen LogP) is 9.86. The van der Waals surface area contributed by atoms with E-state index in [-0.39, 0.29) is 33.6 Å². The Labute approximate surface area is 237 Å². The molecule has 3 aliphatic carbocycles. The van der Waals surface area contributed by atoms with Crippen molar-refractivity contribution in [3.8, 4) is 0 Å². The van der Waals surface area contributed by atoms with Crippen molar-refractivity contribution in [3.05, 3.63) is 23.3 Å². The van der Waals surface area contributed by atoms with E-state index >= 15 is 0 Å². The Morgan fingerprint density at radius 3 is 1.89 bits per heavy atom. The molecule has 3 aliphatic rings. The lowest BCUT2D eigenvalue weighted by atomic mass is 9.61. The number of fused-ring (bicyclic) bond motifs is 1. The van der Waals surface area contributed by atoms with Gasteiger partial charge >= 0.3 is 0 Å². The smallest absolute Gasteiger partial charge is 0.192 e. The third-order valence-corrected chi connectivity index (χ3v) is 20.5. The van der Waals surface area contributed by atoms with Gasteiger partial charge in [0.2, 0.25) is 0 Å². The molecule has 3 fully saturated rings. The van der Waals surface area contributed by atoms with Gasteiger partial charge in [-0.2, -0.15) is 0 Å². The van der Waals surface area contributed by atoms with E-state index in [0.717, 1.165) is 19.3 Å². The first kappa shape index (κ1) is 32.0. The average Bonchev–Trinajstić information content (AvgIpc) is 3.12. The van der Waals surface area contributed by atoms with Crippen LogP contribution in [0, 0.1) is 23.2 Å². The van der Waals surface area contributed by atoms with Crippen LogP contribution in [-0.4, -0.2) is 35.1 Å². The first-order valence-electron chi connectivity index (χ1n) is 15.5. The Bertz CT molecular complexity index is 866. The fourth-order valence-corrected chi connectivity index (χ4v) is 9.83. The molecule has 0 aromatic rings. The van der Waals surface area contributed by atoms with E-state index in [4.69, 9.17) is 8.85 Å². The Morgan fingerprint density at radius 1 is 0.895 bits per heavy atom. The maximum atomic E-state index is 11.7. The third kappa shape index (κ3) is 6.86. The Kier molecular flexibility index (Phi) is 9.62. The summed E-state index contributed by atoms with van der Waals surface area (Å²) >= 11 is 0. The molecule has 218 valence electrons. The van der Waals surface area contributed by atoms with Gasteiger partial charge in [-0.1, -0.05) is 78.7 Å². The topological polar surface area (TPSA) is 35.5 Å². The summed E-state index contributed by atoms with van der Waals surface area (Å²) in [6.07, 6.45) is 15.9. The van der Waals surface area contributed by atoms with E-state index in [1.165, 1.54) is 44.0 Å². The molecule has 0 radical (unpaired) electrons. The van der Waals surface area contributed by atoms with E-state index in [1.54, 1.807) is 5.57 Å². The number of hydrogen-bond donors (Lipinski definition) is 0. The van der Waals surface area contributed by atoms with Gasteiger partial charge in [-0.15, -0.1) is 0 Å². The van der Waals surface area contributed by atoms with Crippen LogP contribution in [0.15, 0.2) is 23.3 Å². The molecule has 3 nitrogen and oxygen atoms in total. The van der Waals surface area contributed by atoms with Crippen LogP contribution in [0.1, 0.15) is 107 Å². The highest BCUT2D eigenvalue weighted by molar-refractivity contribution is 6.74. The molecular formula is C33H60O3Si2. The zero-order chi connectivity index (χ0) is 28.7. The molecule has 0 bridgehead atoms. The number of carbonyl (C=O) groups is 1. The van der Waals surface area contributed by atoms with Gasteiger partial charge in [0.1, 0.15) is 6.29 Å². The van der Waals surface area contributed by atoms with Crippen molar-refractivity contribution in [2.24, 2.45) is 23.2 Å². The molecular weight excluding hydrogens is 501 g/mol. The summed E-state index contributed by atoms with van der Waals surface area (Å²) in [4.78, 5) is 11.7. The molecule has 0 unspecified atom stereocenters. The van der Waals surface area contributed by atoms with Gasteiger partial charge in [0.15, 0.2) is 16.6 Å². The number of rotatable bonds is 7. The minimum Gasteiger partial charge on any atom is -0.414 e. The van der Waals surface area contributed by atoms with Gasteiger partial charge in [-0.05, 0) is 105 Å². The average molecular weight is 561 g/mol. The van der Waals surface area contributed by atoms with Gasteiger partial charge in [0.25, 0.3) is 0 Å². The van der Waals surface area contributed by atoms with Crippen molar-refractivity contribution in [1.82, 2.24) is 0 Å². The lowest BCUT2D eigenvalue weighted by molar-refractivity contribution is -0.113. The molecule has 0 N–H and O–H groups in total. The summed E-state index contributed by atoms with van der Waals surface area (Å²) in [7, 11) is -3.73. The first-order chi connectivity index (χ1) is 17.3. The van der Waals surface area contributed by atoms with Crippen LogP contribution in [0.5, 0.6) is 0 Å². The molecule has 0 amide bonds. The SMILES string of the molecule is C[C@H](C=O)[C@H]1CC[C@H]2/C(=C/C=C3C[C@@H](O[Si](C)(C)C(C)(C)C)C[C@H](O[Si](C)(C)C(C)(C)C)C3)CCC[C@]12C. The highest BCUT2D eigenvalue weighted by Crippen LogP contribution is 2.59. The van der Waals surface area contributed by atoms with Crippen molar-refractivity contribution in [1.29, 1.82) is 0 Å². The lowest BCUT2D eigenvalue weighted by Gasteiger charge is -2.45. The van der Waals surface area contributed by atoms with Gasteiger partial charge in [-0.25, -0.2) is 0 Å². The van der Waals surface area contributed by atoms with E-state index in [1.807, 2.05) is 0 Å². The summed E-state index contributed by atoms with van der Waals surface area (Å²) in [5, 5.41) is 0.409. The zero-order valence-corrected chi connectivity index (χ0v) is 29.0. The van der Waals surface area contributed by atoms with Crippen molar-refractivity contribution in [3.63, 3.8) is 0 Å². The molecule has 0 heterocycles. The van der Waals surface area contributed by atoms with E-state index in [2.05, 4.69) is 93.7 Å². The summed E-state index contributed by atoms with van der Waals surface area (Å²) in [6.45, 7) is 28.2. The Balaban J connectivity index is 1.87. The minimum atomic E-state index is -1.87. The number of hydrogen-bond acceptors (Lipinski definition) is 3. The second kappa shape index (κ2) is 11.4. The normalized spacial score (nSPS) is 33.3. The van der Waals surface area contributed by atoms with Gasteiger partial charge in [0.05, 0.1) is 12.2 Å². The van der Waals surface area contributed by atoms with Gasteiger partial charge in [0, 0.05) is 5.92 Å². The van der Waals surface area contributed by atoms with Crippen molar-refractivity contribution in [2.75, 3.05) is 0 Å². The molecule has 0 aromatic heterocycles. The third-order valence-electron chi connectivity index (χ3n) is 11.5. The highest BCUT2D eigenvalue weighted by atomic mass is 28.4. The standard InChI is InChI=1S/C33H60O3Si2/c1-24(23-34)29-17-18-30-26(14-13-19-33(29,30)8)16-15-25-20-27(35-37(9,10)31(2,3)4)22-28(21-25)36-38(11,12)32(5,6)7/h15-16,23-24,27-30H,13-14,17-22H2,1-12H3/b26-16+/t24-,27-,28-,29-,30+,33-/m1/s1. The zero-order valence-electron chi connectivity index (χ0n) is 27.0. The van der Waals surface area contributed by atoms with E-state index in [9.17, 15) is 4.79 Å². The molecule has 0 aliphatic heterocycles. The van der Waals surface area contributed by atoms with E-state index < -0.39 is 16.6 Å². The summed E-state index contributed by atoms with van der Waals surface area (Å²) in [5.41, 5.74) is 3.40. The summed E-state index contributed by atoms with van der Waals surface area (Å²) < 4.78 is 14.0. The summed E-state index contributed by atoms with van der Waals surface area (Å²) in [5.74, 6) is 1.32. The first-order valence-corrected chi connectivity index (χ1v) is 21.3. The van der Waals surface area contributed by atoms with Crippen LogP contribution < -0.4 is 0 Å². The second-order valence-corrected chi connectivity index (χ2v) is 25.8. The van der Waals surface area contributed by atoms with Crippen LogP contribution in [0.3, 0.4) is 0 Å². The van der Waals surface area contributed by atoms with E-state index in [0.29, 0.717) is 11.8 Å². The van der Waals surface area contributed by atoms with Gasteiger partial charge < -0.3 is 13.6 Å². The maximum absolute atomic E-state index is 11.7. The predicted molar refractivity (Wildman–Crippen MR) is 168 cm³/mol. The molecule has 3 rings (SSSR count). The Hall–Kier alpha value is -0.496.